The van der Waals surface area contributed by atoms with E-state index in [-0.39, 0.29) is 17.2 Å². The van der Waals surface area contributed by atoms with Crippen LogP contribution in [0.3, 0.4) is 0 Å². The molecule has 0 aliphatic heterocycles. The van der Waals surface area contributed by atoms with Gasteiger partial charge in [0.1, 0.15) is 11.6 Å². The summed E-state index contributed by atoms with van der Waals surface area (Å²) in [6.07, 6.45) is 0. The van der Waals surface area contributed by atoms with Crippen molar-refractivity contribution in [1.29, 1.82) is 5.26 Å². The number of benzene rings is 2. The summed E-state index contributed by atoms with van der Waals surface area (Å²) < 4.78 is 4.91. The number of hydrogen-bond donors (Lipinski definition) is 0. The molecule has 0 saturated heterocycles. The van der Waals surface area contributed by atoms with E-state index < -0.39 is 4.92 Å². The summed E-state index contributed by atoms with van der Waals surface area (Å²) in [4.78, 5) is 23.3. The van der Waals surface area contributed by atoms with E-state index in [0.29, 0.717) is 17.1 Å². The second-order valence-corrected chi connectivity index (χ2v) is 5.54. The zero-order chi connectivity index (χ0) is 16.8. The zero-order valence-electron chi connectivity index (χ0n) is 12.2. The molecular weight excluding hydrogens is 316 g/mol. The van der Waals surface area contributed by atoms with Crippen LogP contribution in [0.2, 0.25) is 0 Å². The molecule has 0 atom stereocenters. The van der Waals surface area contributed by atoms with Crippen LogP contribution in [0, 0.1) is 21.4 Å². The minimum atomic E-state index is -0.582. The number of nitro benzene ring substituents is 1. The van der Waals surface area contributed by atoms with E-state index >= 15 is 0 Å². The molecular formula is C16H12N2O4S. The average molecular weight is 328 g/mol. The standard InChI is InChI=1S/C16H12N2O4S/c1-2-22-16(19)11-3-5-13(6-4-11)23-14-7-8-15(18(20)21)12(9-14)10-17/h3-9H,2H2,1H3. The predicted octanol–water partition coefficient (Wildman–Crippen LogP) is 3.79. The molecule has 0 bridgehead atoms. The number of nitrogens with zero attached hydrogens (tertiary/aromatic N) is 2. The molecule has 0 heterocycles. The van der Waals surface area contributed by atoms with Crippen LogP contribution in [0.1, 0.15) is 22.8 Å². The van der Waals surface area contributed by atoms with E-state index in [9.17, 15) is 14.9 Å². The Labute approximate surface area is 136 Å². The minimum absolute atomic E-state index is 0.0168. The number of carbonyl (C=O) groups is 1. The highest BCUT2D eigenvalue weighted by atomic mass is 32.2. The van der Waals surface area contributed by atoms with E-state index in [1.807, 2.05) is 6.07 Å². The lowest BCUT2D eigenvalue weighted by molar-refractivity contribution is -0.385. The monoisotopic (exact) mass is 328 g/mol. The third-order valence-corrected chi connectivity index (χ3v) is 3.88. The van der Waals surface area contributed by atoms with Crippen molar-refractivity contribution >= 4 is 23.4 Å². The first-order chi connectivity index (χ1) is 11.0. The molecule has 0 saturated carbocycles. The van der Waals surface area contributed by atoms with Crippen LogP contribution in [0.15, 0.2) is 52.3 Å². The summed E-state index contributed by atoms with van der Waals surface area (Å²) in [5.74, 6) is -0.383. The summed E-state index contributed by atoms with van der Waals surface area (Å²) in [6, 6.07) is 13.0. The number of nitro groups is 1. The lowest BCUT2D eigenvalue weighted by Crippen LogP contribution is -2.03. The quantitative estimate of drug-likeness (QED) is 0.471. The van der Waals surface area contributed by atoms with Crippen molar-refractivity contribution in [3.05, 3.63) is 63.7 Å². The van der Waals surface area contributed by atoms with Gasteiger partial charge in [0.15, 0.2) is 0 Å². The Bertz CT molecular complexity index is 782. The van der Waals surface area contributed by atoms with Gasteiger partial charge in [-0.2, -0.15) is 5.26 Å². The number of ether oxygens (including phenoxy) is 1. The van der Waals surface area contributed by atoms with E-state index in [1.165, 1.54) is 23.9 Å². The molecule has 2 rings (SSSR count). The van der Waals surface area contributed by atoms with Gasteiger partial charge in [-0.05, 0) is 43.3 Å². The van der Waals surface area contributed by atoms with E-state index in [1.54, 1.807) is 37.3 Å². The first-order valence-corrected chi connectivity index (χ1v) is 7.50. The normalized spacial score (nSPS) is 9.91. The molecule has 116 valence electrons. The van der Waals surface area contributed by atoms with Gasteiger partial charge in [0.25, 0.3) is 5.69 Å². The van der Waals surface area contributed by atoms with Gasteiger partial charge in [0.2, 0.25) is 0 Å². The molecule has 2 aromatic carbocycles. The Morgan fingerprint density at radius 2 is 1.91 bits per heavy atom. The van der Waals surface area contributed by atoms with Crippen LogP contribution in [0.25, 0.3) is 0 Å². The van der Waals surface area contributed by atoms with Crippen molar-refractivity contribution in [1.82, 2.24) is 0 Å². The van der Waals surface area contributed by atoms with Crippen molar-refractivity contribution < 1.29 is 14.5 Å². The Morgan fingerprint density at radius 1 is 1.26 bits per heavy atom. The molecule has 0 radical (unpaired) electrons. The highest BCUT2D eigenvalue weighted by molar-refractivity contribution is 7.99. The van der Waals surface area contributed by atoms with E-state index in [2.05, 4.69) is 0 Å². The molecule has 0 N–H and O–H groups in total. The van der Waals surface area contributed by atoms with Gasteiger partial charge in [-0.15, -0.1) is 0 Å². The molecule has 2 aromatic rings. The predicted molar refractivity (Wildman–Crippen MR) is 84.3 cm³/mol. The number of nitriles is 1. The molecule has 23 heavy (non-hydrogen) atoms. The molecule has 0 aromatic heterocycles. The van der Waals surface area contributed by atoms with E-state index in [4.69, 9.17) is 10.00 Å². The van der Waals surface area contributed by atoms with Gasteiger partial charge in [-0.3, -0.25) is 10.1 Å². The smallest absolute Gasteiger partial charge is 0.338 e. The largest absolute Gasteiger partial charge is 0.462 e. The lowest BCUT2D eigenvalue weighted by atomic mass is 10.2. The molecule has 7 heteroatoms. The second-order valence-electron chi connectivity index (χ2n) is 4.39. The van der Waals surface area contributed by atoms with Crippen LogP contribution < -0.4 is 0 Å². The van der Waals surface area contributed by atoms with Gasteiger partial charge in [-0.25, -0.2) is 4.79 Å². The van der Waals surface area contributed by atoms with Gasteiger partial charge >= 0.3 is 5.97 Å². The van der Waals surface area contributed by atoms with Gasteiger partial charge in [0.05, 0.1) is 17.1 Å². The first kappa shape index (κ1) is 16.5. The van der Waals surface area contributed by atoms with E-state index in [0.717, 1.165) is 4.90 Å². The minimum Gasteiger partial charge on any atom is -0.462 e. The highest BCUT2D eigenvalue weighted by Gasteiger charge is 2.14. The van der Waals surface area contributed by atoms with Crippen LogP contribution >= 0.6 is 11.8 Å². The summed E-state index contributed by atoms with van der Waals surface area (Å²) in [6.45, 7) is 2.05. The second kappa shape index (κ2) is 7.42. The topological polar surface area (TPSA) is 93.2 Å². The maximum Gasteiger partial charge on any atom is 0.338 e. The Kier molecular flexibility index (Phi) is 5.33. The van der Waals surface area contributed by atoms with Crippen LogP contribution in [-0.2, 0) is 4.74 Å². The Balaban J connectivity index is 2.18. The number of rotatable bonds is 5. The Hall–Kier alpha value is -2.85. The van der Waals surface area contributed by atoms with Crippen molar-refractivity contribution in [2.45, 2.75) is 16.7 Å². The Morgan fingerprint density at radius 3 is 2.48 bits per heavy atom. The first-order valence-electron chi connectivity index (χ1n) is 6.68. The third-order valence-electron chi connectivity index (χ3n) is 2.89. The molecule has 6 nitrogen and oxygen atoms in total. The molecule has 0 aliphatic carbocycles. The van der Waals surface area contributed by atoms with Crippen molar-refractivity contribution in [2.24, 2.45) is 0 Å². The average Bonchev–Trinajstić information content (AvgIpc) is 2.55. The lowest BCUT2D eigenvalue weighted by Gasteiger charge is -2.05. The number of esters is 1. The molecule has 0 fully saturated rings. The van der Waals surface area contributed by atoms with Gasteiger partial charge in [0, 0.05) is 15.9 Å². The fourth-order valence-electron chi connectivity index (χ4n) is 1.84. The highest BCUT2D eigenvalue weighted by Crippen LogP contribution is 2.31. The molecule has 0 unspecified atom stereocenters. The summed E-state index contributed by atoms with van der Waals surface area (Å²) in [5, 5.41) is 19.8. The van der Waals surface area contributed by atoms with Crippen molar-refractivity contribution in [3.63, 3.8) is 0 Å². The molecule has 0 spiro atoms. The van der Waals surface area contributed by atoms with Crippen LogP contribution in [0.4, 0.5) is 5.69 Å². The molecule has 0 amide bonds. The number of hydrogen-bond acceptors (Lipinski definition) is 6. The summed E-state index contributed by atoms with van der Waals surface area (Å²) in [7, 11) is 0. The maximum atomic E-state index is 11.6. The number of carbonyl (C=O) groups excluding carboxylic acids is 1. The fraction of sp³-hybridized carbons (Fsp3) is 0.125. The van der Waals surface area contributed by atoms with Crippen molar-refractivity contribution in [3.8, 4) is 6.07 Å². The maximum absolute atomic E-state index is 11.6. The van der Waals surface area contributed by atoms with Gasteiger partial charge < -0.3 is 4.74 Å². The van der Waals surface area contributed by atoms with Crippen LogP contribution in [-0.4, -0.2) is 17.5 Å². The zero-order valence-corrected chi connectivity index (χ0v) is 13.0. The fourth-order valence-corrected chi connectivity index (χ4v) is 2.69. The van der Waals surface area contributed by atoms with Crippen molar-refractivity contribution in [2.75, 3.05) is 6.61 Å². The molecule has 0 aliphatic rings. The van der Waals surface area contributed by atoms with Crippen LogP contribution in [0.5, 0.6) is 0 Å². The SMILES string of the molecule is CCOC(=O)c1ccc(Sc2ccc([N+](=O)[O-])c(C#N)c2)cc1. The third kappa shape index (κ3) is 4.08. The summed E-state index contributed by atoms with van der Waals surface area (Å²) in [5.41, 5.74) is 0.260. The van der Waals surface area contributed by atoms with Gasteiger partial charge in [-0.1, -0.05) is 11.8 Å². The summed E-state index contributed by atoms with van der Waals surface area (Å²) >= 11 is 1.35.